The average molecular weight is 258 g/mol. The van der Waals surface area contributed by atoms with Crippen LogP contribution < -0.4 is 0 Å². The third-order valence-corrected chi connectivity index (χ3v) is 5.31. The molecule has 1 aliphatic carbocycles. The van der Waals surface area contributed by atoms with Crippen molar-refractivity contribution in [3.63, 3.8) is 0 Å². The summed E-state index contributed by atoms with van der Waals surface area (Å²) in [4.78, 5) is 5.46. The Morgan fingerprint density at radius 2 is 1.89 bits per heavy atom. The van der Waals surface area contributed by atoms with Gasteiger partial charge in [0.2, 0.25) is 0 Å². The van der Waals surface area contributed by atoms with Crippen molar-refractivity contribution in [1.29, 1.82) is 0 Å². The van der Waals surface area contributed by atoms with Gasteiger partial charge in [-0.1, -0.05) is 44.2 Å². The largest absolute Gasteiger partial charge is 0.297 e. The van der Waals surface area contributed by atoms with Crippen LogP contribution in [-0.4, -0.2) is 42.0 Å². The van der Waals surface area contributed by atoms with Gasteiger partial charge >= 0.3 is 0 Å². The number of piperazine rings is 1. The van der Waals surface area contributed by atoms with Crippen molar-refractivity contribution >= 4 is 0 Å². The molecule has 0 aromatic heterocycles. The number of benzene rings is 1. The molecule has 0 radical (unpaired) electrons. The molecule has 19 heavy (non-hydrogen) atoms. The second-order valence-corrected chi connectivity index (χ2v) is 5.91. The molecule has 2 aliphatic rings. The predicted octanol–water partition coefficient (Wildman–Crippen LogP) is 3.09. The SMILES string of the molecule is CCN1CCN(CC)C2(c3ccccc3)CCCC12. The first-order valence-corrected chi connectivity index (χ1v) is 7.87. The quantitative estimate of drug-likeness (QED) is 0.822. The summed E-state index contributed by atoms with van der Waals surface area (Å²) < 4.78 is 0. The van der Waals surface area contributed by atoms with Crippen molar-refractivity contribution in [3.8, 4) is 0 Å². The summed E-state index contributed by atoms with van der Waals surface area (Å²) in [5.74, 6) is 0. The predicted molar refractivity (Wildman–Crippen MR) is 80.3 cm³/mol. The first-order valence-electron chi connectivity index (χ1n) is 7.87. The van der Waals surface area contributed by atoms with Crippen molar-refractivity contribution in [2.75, 3.05) is 26.2 Å². The summed E-state index contributed by atoms with van der Waals surface area (Å²) in [5, 5.41) is 0. The summed E-state index contributed by atoms with van der Waals surface area (Å²) in [5.41, 5.74) is 1.82. The highest BCUT2D eigenvalue weighted by Crippen LogP contribution is 2.48. The number of likely N-dealkylation sites (N-methyl/N-ethyl adjacent to an activating group) is 2. The van der Waals surface area contributed by atoms with Gasteiger partial charge in [-0.3, -0.25) is 9.80 Å². The molecule has 1 aromatic rings. The van der Waals surface area contributed by atoms with Gasteiger partial charge in [0.1, 0.15) is 0 Å². The number of fused-ring (bicyclic) bond motifs is 1. The molecule has 1 saturated carbocycles. The van der Waals surface area contributed by atoms with Crippen molar-refractivity contribution in [2.45, 2.75) is 44.7 Å². The van der Waals surface area contributed by atoms with E-state index >= 15 is 0 Å². The third-order valence-electron chi connectivity index (χ3n) is 5.31. The molecule has 0 bridgehead atoms. The van der Waals surface area contributed by atoms with Gasteiger partial charge in [-0.15, -0.1) is 0 Å². The van der Waals surface area contributed by atoms with E-state index in [0.717, 1.165) is 0 Å². The molecular formula is C17H26N2. The first-order chi connectivity index (χ1) is 9.32. The Hall–Kier alpha value is -0.860. The smallest absolute Gasteiger partial charge is 0.0617 e. The summed E-state index contributed by atoms with van der Waals surface area (Å²) in [6, 6.07) is 12.0. The van der Waals surface area contributed by atoms with Crippen molar-refractivity contribution < 1.29 is 0 Å². The zero-order chi connectivity index (χ0) is 13.3. The summed E-state index contributed by atoms with van der Waals surface area (Å²) >= 11 is 0. The van der Waals surface area contributed by atoms with Crippen LogP contribution in [-0.2, 0) is 5.54 Å². The summed E-state index contributed by atoms with van der Waals surface area (Å²) in [7, 11) is 0. The lowest BCUT2D eigenvalue weighted by Crippen LogP contribution is -2.63. The van der Waals surface area contributed by atoms with Gasteiger partial charge in [0.15, 0.2) is 0 Å². The zero-order valence-electron chi connectivity index (χ0n) is 12.3. The normalized spacial score (nSPS) is 32.4. The Kier molecular flexibility index (Phi) is 3.64. The second-order valence-electron chi connectivity index (χ2n) is 5.91. The van der Waals surface area contributed by atoms with Crippen molar-refractivity contribution in [1.82, 2.24) is 9.80 Å². The van der Waals surface area contributed by atoms with E-state index in [1.807, 2.05) is 0 Å². The van der Waals surface area contributed by atoms with E-state index in [1.165, 1.54) is 51.0 Å². The lowest BCUT2D eigenvalue weighted by molar-refractivity contribution is -0.0359. The molecule has 2 unspecified atom stereocenters. The molecule has 1 aromatic carbocycles. The van der Waals surface area contributed by atoms with Crippen LogP contribution in [0, 0.1) is 0 Å². The van der Waals surface area contributed by atoms with E-state index in [4.69, 9.17) is 0 Å². The van der Waals surface area contributed by atoms with Gasteiger partial charge < -0.3 is 0 Å². The molecule has 2 nitrogen and oxygen atoms in total. The topological polar surface area (TPSA) is 6.48 Å². The minimum absolute atomic E-state index is 0.282. The Morgan fingerprint density at radius 3 is 2.58 bits per heavy atom. The number of rotatable bonds is 3. The molecule has 0 spiro atoms. The van der Waals surface area contributed by atoms with Crippen LogP contribution in [0.5, 0.6) is 0 Å². The van der Waals surface area contributed by atoms with E-state index in [0.29, 0.717) is 6.04 Å². The first kappa shape index (κ1) is 13.1. The number of hydrogen-bond donors (Lipinski definition) is 0. The maximum absolute atomic E-state index is 2.74. The van der Waals surface area contributed by atoms with E-state index in [9.17, 15) is 0 Å². The fourth-order valence-electron chi connectivity index (χ4n) is 4.49. The molecule has 3 rings (SSSR count). The fourth-order valence-corrected chi connectivity index (χ4v) is 4.49. The number of nitrogens with zero attached hydrogens (tertiary/aromatic N) is 2. The van der Waals surface area contributed by atoms with Crippen LogP contribution in [0.1, 0.15) is 38.7 Å². The lowest BCUT2D eigenvalue weighted by atomic mass is 9.80. The van der Waals surface area contributed by atoms with Crippen molar-refractivity contribution in [2.24, 2.45) is 0 Å². The highest BCUT2D eigenvalue weighted by Gasteiger charge is 2.52. The maximum Gasteiger partial charge on any atom is 0.0617 e. The molecule has 1 saturated heterocycles. The van der Waals surface area contributed by atoms with Crippen LogP contribution in [0.2, 0.25) is 0 Å². The highest BCUT2D eigenvalue weighted by molar-refractivity contribution is 5.30. The van der Waals surface area contributed by atoms with Gasteiger partial charge in [0.05, 0.1) is 5.54 Å². The molecule has 104 valence electrons. The van der Waals surface area contributed by atoms with Gasteiger partial charge in [-0.2, -0.15) is 0 Å². The molecule has 1 heterocycles. The Morgan fingerprint density at radius 1 is 1.11 bits per heavy atom. The van der Waals surface area contributed by atoms with Gasteiger partial charge in [0.25, 0.3) is 0 Å². The summed E-state index contributed by atoms with van der Waals surface area (Å²) in [6.07, 6.45) is 4.05. The Labute approximate surface area is 117 Å². The van der Waals surface area contributed by atoms with Crippen LogP contribution in [0.4, 0.5) is 0 Å². The Bertz CT molecular complexity index is 417. The monoisotopic (exact) mass is 258 g/mol. The van der Waals surface area contributed by atoms with E-state index in [1.54, 1.807) is 0 Å². The molecular weight excluding hydrogens is 232 g/mol. The molecule has 0 N–H and O–H groups in total. The van der Waals surface area contributed by atoms with Gasteiger partial charge in [-0.25, -0.2) is 0 Å². The molecule has 2 heteroatoms. The highest BCUT2D eigenvalue weighted by atomic mass is 15.3. The van der Waals surface area contributed by atoms with E-state index < -0.39 is 0 Å². The molecule has 1 aliphatic heterocycles. The second kappa shape index (κ2) is 5.26. The molecule has 2 atom stereocenters. The minimum Gasteiger partial charge on any atom is -0.297 e. The minimum atomic E-state index is 0.282. The van der Waals surface area contributed by atoms with E-state index in [2.05, 4.69) is 54.0 Å². The standard InChI is InChI=1S/C17H26N2/c1-3-18-13-14-19(4-2)17(12-8-11-16(17)18)15-9-6-5-7-10-15/h5-7,9-10,16H,3-4,8,11-14H2,1-2H3. The maximum atomic E-state index is 2.74. The lowest BCUT2D eigenvalue weighted by Gasteiger charge is -2.53. The van der Waals surface area contributed by atoms with Crippen LogP contribution in [0.3, 0.4) is 0 Å². The van der Waals surface area contributed by atoms with Crippen LogP contribution >= 0.6 is 0 Å². The molecule has 2 fully saturated rings. The molecule has 0 amide bonds. The Balaban J connectivity index is 2.06. The van der Waals surface area contributed by atoms with Gasteiger partial charge in [0, 0.05) is 19.1 Å². The summed E-state index contributed by atoms with van der Waals surface area (Å²) in [6.45, 7) is 9.45. The van der Waals surface area contributed by atoms with Crippen LogP contribution in [0.15, 0.2) is 30.3 Å². The van der Waals surface area contributed by atoms with Crippen molar-refractivity contribution in [3.05, 3.63) is 35.9 Å². The van der Waals surface area contributed by atoms with Crippen LogP contribution in [0.25, 0.3) is 0 Å². The third kappa shape index (κ3) is 1.93. The van der Waals surface area contributed by atoms with Gasteiger partial charge in [-0.05, 0) is 37.9 Å². The average Bonchev–Trinajstić information content (AvgIpc) is 2.93. The van der Waals surface area contributed by atoms with E-state index in [-0.39, 0.29) is 5.54 Å². The number of hydrogen-bond acceptors (Lipinski definition) is 2. The zero-order valence-corrected chi connectivity index (χ0v) is 12.3. The fraction of sp³-hybridized carbons (Fsp3) is 0.647.